The van der Waals surface area contributed by atoms with Crippen molar-refractivity contribution in [3.8, 4) is 5.88 Å². The number of hydrogen-bond donors (Lipinski definition) is 1. The van der Waals surface area contributed by atoms with Crippen molar-refractivity contribution in [1.82, 2.24) is 9.97 Å². The largest absolute Gasteiger partial charge is 0.481 e. The molecule has 5 heteroatoms. The van der Waals surface area contributed by atoms with Crippen molar-refractivity contribution in [2.75, 3.05) is 25.6 Å². The Labute approximate surface area is 124 Å². The van der Waals surface area contributed by atoms with Crippen molar-refractivity contribution in [3.63, 3.8) is 0 Å². The fourth-order valence-corrected chi connectivity index (χ4v) is 2.62. The van der Waals surface area contributed by atoms with Gasteiger partial charge in [0.15, 0.2) is 0 Å². The van der Waals surface area contributed by atoms with Gasteiger partial charge in [0.2, 0.25) is 11.8 Å². The van der Waals surface area contributed by atoms with E-state index in [9.17, 15) is 0 Å². The van der Waals surface area contributed by atoms with Crippen molar-refractivity contribution >= 4 is 5.95 Å². The molecule has 5 nitrogen and oxygen atoms in total. The lowest BCUT2D eigenvalue weighted by atomic mass is 9.95. The van der Waals surface area contributed by atoms with Gasteiger partial charge in [0.25, 0.3) is 0 Å². The van der Waals surface area contributed by atoms with E-state index in [0.717, 1.165) is 19.6 Å². The quantitative estimate of drug-likeness (QED) is 0.915. The van der Waals surface area contributed by atoms with Gasteiger partial charge < -0.3 is 14.8 Å². The minimum absolute atomic E-state index is 0.143. The van der Waals surface area contributed by atoms with Crippen molar-refractivity contribution in [2.45, 2.75) is 12.5 Å². The second-order valence-corrected chi connectivity index (χ2v) is 5.05. The van der Waals surface area contributed by atoms with Gasteiger partial charge in [-0.15, -0.1) is 0 Å². The number of methoxy groups -OCH3 is 1. The summed E-state index contributed by atoms with van der Waals surface area (Å²) < 4.78 is 11.0. The molecule has 1 aliphatic rings. The smallest absolute Gasteiger partial charge is 0.225 e. The Morgan fingerprint density at radius 1 is 1.29 bits per heavy atom. The van der Waals surface area contributed by atoms with Crippen LogP contribution in [-0.2, 0) is 4.74 Å². The summed E-state index contributed by atoms with van der Waals surface area (Å²) in [6.45, 7) is 1.58. The summed E-state index contributed by atoms with van der Waals surface area (Å²) in [7, 11) is 1.60. The Balaban J connectivity index is 1.64. The van der Waals surface area contributed by atoms with Crippen LogP contribution in [0.4, 0.5) is 5.95 Å². The average Bonchev–Trinajstić information content (AvgIpc) is 3.02. The molecule has 1 fully saturated rings. The molecule has 0 spiro atoms. The van der Waals surface area contributed by atoms with Gasteiger partial charge in [0, 0.05) is 31.3 Å². The molecule has 3 rings (SSSR count). The van der Waals surface area contributed by atoms with E-state index in [1.807, 2.05) is 18.2 Å². The van der Waals surface area contributed by atoms with Crippen LogP contribution in [0.25, 0.3) is 0 Å². The highest BCUT2D eigenvalue weighted by atomic mass is 16.5. The predicted molar refractivity (Wildman–Crippen MR) is 80.3 cm³/mol. The SMILES string of the molecule is COc1ccnc(NC[C@H]2CCO[C@@H]2c2ccccc2)n1. The number of aromatic nitrogens is 2. The molecule has 1 aromatic carbocycles. The molecule has 0 radical (unpaired) electrons. The Morgan fingerprint density at radius 3 is 2.95 bits per heavy atom. The molecular formula is C16H19N3O2. The van der Waals surface area contributed by atoms with Gasteiger partial charge in [-0.25, -0.2) is 4.98 Å². The highest BCUT2D eigenvalue weighted by molar-refractivity contribution is 5.28. The molecule has 1 saturated heterocycles. The third-order valence-electron chi connectivity index (χ3n) is 3.70. The number of anilines is 1. The molecule has 1 aliphatic heterocycles. The zero-order valence-corrected chi connectivity index (χ0v) is 12.0. The van der Waals surface area contributed by atoms with Gasteiger partial charge in [-0.2, -0.15) is 4.98 Å². The van der Waals surface area contributed by atoms with Crippen molar-refractivity contribution in [2.24, 2.45) is 5.92 Å². The summed E-state index contributed by atoms with van der Waals surface area (Å²) in [6.07, 6.45) is 2.87. The van der Waals surface area contributed by atoms with E-state index < -0.39 is 0 Å². The van der Waals surface area contributed by atoms with E-state index in [-0.39, 0.29) is 6.10 Å². The average molecular weight is 285 g/mol. The van der Waals surface area contributed by atoms with Crippen LogP contribution in [0.2, 0.25) is 0 Å². The number of rotatable bonds is 5. The predicted octanol–water partition coefficient (Wildman–Crippen LogP) is 2.67. The molecule has 2 heterocycles. The fraction of sp³-hybridized carbons (Fsp3) is 0.375. The molecule has 2 aromatic rings. The summed E-state index contributed by atoms with van der Waals surface area (Å²) in [5.74, 6) is 1.57. The Bertz CT molecular complexity index is 577. The Kier molecular flexibility index (Phi) is 4.31. The summed E-state index contributed by atoms with van der Waals surface area (Å²) >= 11 is 0. The first kappa shape index (κ1) is 13.8. The first-order valence-electron chi connectivity index (χ1n) is 7.14. The topological polar surface area (TPSA) is 56.3 Å². The standard InChI is InChI=1S/C16H19N3O2/c1-20-14-7-9-17-16(19-14)18-11-13-8-10-21-15(13)12-5-3-2-4-6-12/h2-7,9,13,15H,8,10-11H2,1H3,(H,17,18,19)/t13-,15-/m1/s1. The second kappa shape index (κ2) is 6.54. The molecule has 1 N–H and O–H groups in total. The molecule has 110 valence electrons. The highest BCUT2D eigenvalue weighted by Gasteiger charge is 2.29. The van der Waals surface area contributed by atoms with Gasteiger partial charge in [-0.1, -0.05) is 30.3 Å². The van der Waals surface area contributed by atoms with Crippen LogP contribution in [-0.4, -0.2) is 30.2 Å². The second-order valence-electron chi connectivity index (χ2n) is 5.05. The lowest BCUT2D eigenvalue weighted by molar-refractivity contribution is 0.0933. The Morgan fingerprint density at radius 2 is 2.14 bits per heavy atom. The Hall–Kier alpha value is -2.14. The van der Waals surface area contributed by atoms with Crippen LogP contribution >= 0.6 is 0 Å². The maximum atomic E-state index is 5.88. The third kappa shape index (κ3) is 3.31. The van der Waals surface area contributed by atoms with Crippen molar-refractivity contribution in [1.29, 1.82) is 0 Å². The minimum atomic E-state index is 0.143. The van der Waals surface area contributed by atoms with E-state index >= 15 is 0 Å². The molecule has 0 saturated carbocycles. The lowest BCUT2D eigenvalue weighted by Crippen LogP contribution is -2.19. The zero-order chi connectivity index (χ0) is 14.5. The van der Waals surface area contributed by atoms with Crippen LogP contribution in [0.3, 0.4) is 0 Å². The normalized spacial score (nSPS) is 21.2. The van der Waals surface area contributed by atoms with Gasteiger partial charge in [-0.3, -0.25) is 0 Å². The van der Waals surface area contributed by atoms with Crippen LogP contribution < -0.4 is 10.1 Å². The maximum Gasteiger partial charge on any atom is 0.225 e. The van der Waals surface area contributed by atoms with E-state index in [2.05, 4.69) is 27.4 Å². The maximum absolute atomic E-state index is 5.88. The molecule has 0 aliphatic carbocycles. The molecule has 0 bridgehead atoms. The van der Waals surface area contributed by atoms with E-state index in [1.165, 1.54) is 5.56 Å². The number of hydrogen-bond acceptors (Lipinski definition) is 5. The fourth-order valence-electron chi connectivity index (χ4n) is 2.62. The molecule has 1 aromatic heterocycles. The summed E-state index contributed by atoms with van der Waals surface area (Å²) in [6, 6.07) is 12.1. The van der Waals surface area contributed by atoms with E-state index in [4.69, 9.17) is 9.47 Å². The summed E-state index contributed by atoms with van der Waals surface area (Å²) in [5.41, 5.74) is 1.23. The van der Waals surface area contributed by atoms with Crippen LogP contribution in [0.15, 0.2) is 42.6 Å². The van der Waals surface area contributed by atoms with E-state index in [1.54, 1.807) is 19.4 Å². The molecular weight excluding hydrogens is 266 g/mol. The monoisotopic (exact) mass is 285 g/mol. The summed E-state index contributed by atoms with van der Waals surface area (Å²) in [4.78, 5) is 8.47. The van der Waals surface area contributed by atoms with Crippen LogP contribution in [0, 0.1) is 5.92 Å². The van der Waals surface area contributed by atoms with Gasteiger partial charge >= 0.3 is 0 Å². The van der Waals surface area contributed by atoms with Gasteiger partial charge in [0.1, 0.15) is 0 Å². The number of ether oxygens (including phenoxy) is 2. The molecule has 0 unspecified atom stereocenters. The first-order valence-corrected chi connectivity index (χ1v) is 7.14. The lowest BCUT2D eigenvalue weighted by Gasteiger charge is -2.19. The first-order chi connectivity index (χ1) is 10.4. The highest BCUT2D eigenvalue weighted by Crippen LogP contribution is 2.34. The molecule has 0 amide bonds. The van der Waals surface area contributed by atoms with Gasteiger partial charge in [0.05, 0.1) is 13.2 Å². The van der Waals surface area contributed by atoms with Crippen molar-refractivity contribution < 1.29 is 9.47 Å². The number of benzene rings is 1. The summed E-state index contributed by atoms with van der Waals surface area (Å²) in [5, 5.41) is 3.28. The number of nitrogens with one attached hydrogen (secondary N) is 1. The van der Waals surface area contributed by atoms with Gasteiger partial charge in [-0.05, 0) is 12.0 Å². The van der Waals surface area contributed by atoms with Crippen LogP contribution in [0.5, 0.6) is 5.88 Å². The minimum Gasteiger partial charge on any atom is -0.481 e. The molecule has 2 atom stereocenters. The van der Waals surface area contributed by atoms with Crippen molar-refractivity contribution in [3.05, 3.63) is 48.2 Å². The third-order valence-corrected chi connectivity index (χ3v) is 3.70. The zero-order valence-electron chi connectivity index (χ0n) is 12.0. The molecule has 21 heavy (non-hydrogen) atoms. The van der Waals surface area contributed by atoms with Crippen LogP contribution in [0.1, 0.15) is 18.1 Å². The number of nitrogens with zero attached hydrogens (tertiary/aromatic N) is 2. The van der Waals surface area contributed by atoms with E-state index in [0.29, 0.717) is 17.7 Å².